The van der Waals surface area contributed by atoms with Crippen molar-refractivity contribution in [2.24, 2.45) is 0 Å². The quantitative estimate of drug-likeness (QED) is 0.726. The van der Waals surface area contributed by atoms with Crippen LogP contribution in [-0.2, 0) is 17.6 Å². The number of carbonyl (C=O) groups excluding carboxylic acids is 3. The monoisotopic (exact) mass is 404 g/mol. The van der Waals surface area contributed by atoms with E-state index in [1.807, 2.05) is 29.2 Å². The van der Waals surface area contributed by atoms with Gasteiger partial charge in [0.25, 0.3) is 5.91 Å². The molecule has 1 fully saturated rings. The second kappa shape index (κ2) is 9.24. The molecule has 5 heteroatoms. The number of piperidine rings is 1. The minimum absolute atomic E-state index is 0.0162. The Labute approximate surface area is 177 Å². The van der Waals surface area contributed by atoms with E-state index < -0.39 is 0 Å². The van der Waals surface area contributed by atoms with Crippen LogP contribution in [0.2, 0.25) is 0 Å². The Bertz CT molecular complexity index is 961. The van der Waals surface area contributed by atoms with Crippen molar-refractivity contribution in [1.82, 2.24) is 4.90 Å². The molecule has 2 aromatic rings. The van der Waals surface area contributed by atoms with Crippen LogP contribution in [0.25, 0.3) is 0 Å². The minimum atomic E-state index is -0.247. The van der Waals surface area contributed by atoms with Crippen LogP contribution in [0.1, 0.15) is 70.4 Å². The highest BCUT2D eigenvalue weighted by Crippen LogP contribution is 2.24. The number of carbonyl (C=O) groups is 3. The summed E-state index contributed by atoms with van der Waals surface area (Å²) in [5.74, 6) is -0.305. The van der Waals surface area contributed by atoms with E-state index in [2.05, 4.69) is 5.32 Å². The van der Waals surface area contributed by atoms with Crippen LogP contribution >= 0.6 is 0 Å². The molecule has 4 rings (SSSR count). The van der Waals surface area contributed by atoms with Gasteiger partial charge in [0.2, 0.25) is 5.91 Å². The normalized spacial score (nSPS) is 15.5. The van der Waals surface area contributed by atoms with Gasteiger partial charge in [-0.3, -0.25) is 14.4 Å². The maximum Gasteiger partial charge on any atom is 0.255 e. The van der Waals surface area contributed by atoms with Crippen LogP contribution in [0, 0.1) is 0 Å². The second-order valence-electron chi connectivity index (χ2n) is 8.21. The van der Waals surface area contributed by atoms with Gasteiger partial charge in [-0.05, 0) is 67.9 Å². The van der Waals surface area contributed by atoms with E-state index in [9.17, 15) is 14.4 Å². The van der Waals surface area contributed by atoms with Crippen LogP contribution in [0.5, 0.6) is 0 Å². The molecule has 2 amide bonds. The van der Waals surface area contributed by atoms with Gasteiger partial charge in [0.1, 0.15) is 0 Å². The number of aryl methyl sites for hydroxylation is 2. The third-order valence-corrected chi connectivity index (χ3v) is 6.07. The van der Waals surface area contributed by atoms with E-state index in [-0.39, 0.29) is 30.4 Å². The molecule has 2 aliphatic rings. The Morgan fingerprint density at radius 1 is 0.833 bits per heavy atom. The van der Waals surface area contributed by atoms with Crippen molar-refractivity contribution < 1.29 is 14.4 Å². The topological polar surface area (TPSA) is 66.5 Å². The van der Waals surface area contributed by atoms with Gasteiger partial charge in [-0.25, -0.2) is 0 Å². The number of nitrogens with zero attached hydrogens (tertiary/aromatic N) is 1. The van der Waals surface area contributed by atoms with Crippen LogP contribution in [0.15, 0.2) is 42.5 Å². The fraction of sp³-hybridized carbons (Fsp3) is 0.400. The number of amides is 2. The number of benzene rings is 2. The molecule has 1 aliphatic heterocycles. The summed E-state index contributed by atoms with van der Waals surface area (Å²) in [5.41, 5.74) is 4.31. The van der Waals surface area contributed by atoms with Crippen molar-refractivity contribution in [3.8, 4) is 0 Å². The number of likely N-dealkylation sites (tertiary alicyclic amines) is 1. The predicted octanol–water partition coefficient (Wildman–Crippen LogP) is 4.40. The Morgan fingerprint density at radius 2 is 1.60 bits per heavy atom. The molecule has 30 heavy (non-hydrogen) atoms. The molecule has 2 aromatic carbocycles. The van der Waals surface area contributed by atoms with Gasteiger partial charge in [0.15, 0.2) is 5.78 Å². The summed E-state index contributed by atoms with van der Waals surface area (Å²) in [7, 11) is 0. The summed E-state index contributed by atoms with van der Waals surface area (Å²) in [4.78, 5) is 39.8. The first-order valence-electron chi connectivity index (χ1n) is 10.9. The lowest BCUT2D eigenvalue weighted by molar-refractivity contribution is -0.116. The third kappa shape index (κ3) is 4.61. The molecule has 1 heterocycles. The third-order valence-electron chi connectivity index (χ3n) is 6.07. The maximum atomic E-state index is 12.9. The molecule has 0 saturated carbocycles. The van der Waals surface area contributed by atoms with E-state index in [1.165, 1.54) is 11.1 Å². The number of para-hydroxylation sites is 1. The summed E-state index contributed by atoms with van der Waals surface area (Å²) in [6.07, 6.45) is 6.71. The van der Waals surface area contributed by atoms with Gasteiger partial charge in [-0.1, -0.05) is 24.3 Å². The molecular formula is C25H28N2O3. The first-order chi connectivity index (χ1) is 14.6. The van der Waals surface area contributed by atoms with Crippen molar-refractivity contribution in [3.05, 3.63) is 64.7 Å². The zero-order valence-electron chi connectivity index (χ0n) is 17.3. The van der Waals surface area contributed by atoms with Gasteiger partial charge in [-0.2, -0.15) is 0 Å². The van der Waals surface area contributed by atoms with Crippen molar-refractivity contribution in [2.45, 2.75) is 51.4 Å². The number of Topliss-reactive ketones (excluding diaryl/α,β-unsaturated/α-hetero) is 1. The summed E-state index contributed by atoms with van der Waals surface area (Å²) in [5, 5.41) is 2.84. The number of nitrogens with one attached hydrogen (secondary N) is 1. The zero-order valence-corrected chi connectivity index (χ0v) is 17.3. The van der Waals surface area contributed by atoms with Gasteiger partial charge in [0.05, 0.1) is 11.3 Å². The summed E-state index contributed by atoms with van der Waals surface area (Å²) in [6, 6.07) is 13.0. The lowest BCUT2D eigenvalue weighted by Gasteiger charge is -2.27. The van der Waals surface area contributed by atoms with Gasteiger partial charge in [-0.15, -0.1) is 0 Å². The van der Waals surface area contributed by atoms with Crippen LogP contribution in [0.4, 0.5) is 5.69 Å². The highest BCUT2D eigenvalue weighted by atomic mass is 16.2. The zero-order chi connectivity index (χ0) is 20.9. The average molecular weight is 405 g/mol. The standard InChI is InChI=1S/C25H28N2O3/c28-23(20-12-11-18-7-6-8-19(18)17-20)13-14-24(29)26-22-10-3-2-9-21(22)25(30)27-15-4-1-5-16-27/h2-3,9-12,17H,1,4-8,13-16H2,(H,26,29). The molecule has 1 saturated heterocycles. The molecule has 0 aromatic heterocycles. The van der Waals surface area contributed by atoms with Crippen LogP contribution < -0.4 is 5.32 Å². The van der Waals surface area contributed by atoms with E-state index >= 15 is 0 Å². The number of hydrogen-bond donors (Lipinski definition) is 1. The summed E-state index contributed by atoms with van der Waals surface area (Å²) >= 11 is 0. The van der Waals surface area contributed by atoms with Crippen LogP contribution in [-0.4, -0.2) is 35.6 Å². The fourth-order valence-corrected chi connectivity index (χ4v) is 4.38. The SMILES string of the molecule is O=C(CCC(=O)c1ccc2c(c1)CCC2)Nc1ccccc1C(=O)N1CCCCC1. The van der Waals surface area contributed by atoms with E-state index in [0.29, 0.717) is 16.8 Å². The maximum absolute atomic E-state index is 12.9. The molecule has 1 aliphatic carbocycles. The first-order valence-corrected chi connectivity index (χ1v) is 10.9. The smallest absolute Gasteiger partial charge is 0.255 e. The minimum Gasteiger partial charge on any atom is -0.339 e. The lowest BCUT2D eigenvalue weighted by Crippen LogP contribution is -2.36. The largest absolute Gasteiger partial charge is 0.339 e. The molecule has 0 unspecified atom stereocenters. The molecule has 1 N–H and O–H groups in total. The second-order valence-corrected chi connectivity index (χ2v) is 8.21. The number of hydrogen-bond acceptors (Lipinski definition) is 3. The highest BCUT2D eigenvalue weighted by Gasteiger charge is 2.21. The van der Waals surface area contributed by atoms with Gasteiger partial charge >= 0.3 is 0 Å². The van der Waals surface area contributed by atoms with E-state index in [1.54, 1.807) is 18.2 Å². The fourth-order valence-electron chi connectivity index (χ4n) is 4.38. The predicted molar refractivity (Wildman–Crippen MR) is 117 cm³/mol. The Hall–Kier alpha value is -2.95. The lowest BCUT2D eigenvalue weighted by atomic mass is 10.0. The van der Waals surface area contributed by atoms with E-state index in [0.717, 1.165) is 51.6 Å². The molecular weight excluding hydrogens is 376 g/mol. The van der Waals surface area contributed by atoms with Gasteiger partial charge in [0, 0.05) is 31.5 Å². The molecule has 0 radical (unpaired) electrons. The Balaban J connectivity index is 1.36. The molecule has 156 valence electrons. The number of anilines is 1. The molecule has 0 atom stereocenters. The number of fused-ring (bicyclic) bond motifs is 1. The molecule has 0 spiro atoms. The first kappa shape index (κ1) is 20.3. The van der Waals surface area contributed by atoms with Crippen molar-refractivity contribution in [2.75, 3.05) is 18.4 Å². The molecule has 0 bridgehead atoms. The van der Waals surface area contributed by atoms with Crippen molar-refractivity contribution in [3.63, 3.8) is 0 Å². The Kier molecular flexibility index (Phi) is 6.26. The van der Waals surface area contributed by atoms with E-state index in [4.69, 9.17) is 0 Å². The summed E-state index contributed by atoms with van der Waals surface area (Å²) in [6.45, 7) is 1.52. The Morgan fingerprint density at radius 3 is 2.43 bits per heavy atom. The van der Waals surface area contributed by atoms with Crippen LogP contribution in [0.3, 0.4) is 0 Å². The highest BCUT2D eigenvalue weighted by molar-refractivity contribution is 6.05. The number of rotatable bonds is 6. The number of ketones is 1. The van der Waals surface area contributed by atoms with Crippen molar-refractivity contribution in [1.29, 1.82) is 0 Å². The van der Waals surface area contributed by atoms with Crippen molar-refractivity contribution >= 4 is 23.3 Å². The van der Waals surface area contributed by atoms with Gasteiger partial charge < -0.3 is 10.2 Å². The summed E-state index contributed by atoms with van der Waals surface area (Å²) < 4.78 is 0. The average Bonchev–Trinajstić information content (AvgIpc) is 3.26. The molecule has 5 nitrogen and oxygen atoms in total.